The minimum absolute atomic E-state index is 0.0837. The van der Waals surface area contributed by atoms with Crippen molar-refractivity contribution in [2.75, 3.05) is 41.7 Å². The molecule has 3 aromatic heterocycles. The van der Waals surface area contributed by atoms with Crippen LogP contribution in [0, 0.1) is 13.8 Å². The summed E-state index contributed by atoms with van der Waals surface area (Å²) in [6.45, 7) is 4.31. The first kappa shape index (κ1) is 30.2. The van der Waals surface area contributed by atoms with E-state index in [1.54, 1.807) is 24.0 Å². The van der Waals surface area contributed by atoms with Crippen molar-refractivity contribution in [1.29, 1.82) is 0 Å². The minimum atomic E-state index is -3.98. The standard InChI is InChI=1S/C25H25ClN10O5S2/c1-14-4-3-5-17(26)21(14)33-23(38)18-13-29-25(42-18)32-19-10-20(31-15(2)30-19)43(40,41)36-8-6-35(7-9-36)24-27-11-16(12-28-24)22(37)34-39/h3-5,10-13,39H,6-9H2,1-2H3,(H,33,38)(H,34,37)(H,29,30,31,32). The van der Waals surface area contributed by atoms with Crippen molar-refractivity contribution in [1.82, 2.24) is 34.7 Å². The van der Waals surface area contributed by atoms with E-state index in [1.165, 1.54) is 34.4 Å². The van der Waals surface area contributed by atoms with Gasteiger partial charge in [0.15, 0.2) is 10.2 Å². The van der Waals surface area contributed by atoms with Gasteiger partial charge in [0.1, 0.15) is 16.5 Å². The number of rotatable bonds is 8. The van der Waals surface area contributed by atoms with Gasteiger partial charge in [-0.2, -0.15) is 4.31 Å². The highest BCUT2D eigenvalue weighted by Gasteiger charge is 2.31. The maximum absolute atomic E-state index is 13.5. The van der Waals surface area contributed by atoms with Gasteiger partial charge in [-0.1, -0.05) is 35.1 Å². The fraction of sp³-hybridized carbons (Fsp3) is 0.240. The van der Waals surface area contributed by atoms with E-state index >= 15 is 0 Å². The molecule has 18 heteroatoms. The number of piperazine rings is 1. The number of nitrogens with zero attached hydrogens (tertiary/aromatic N) is 7. The predicted molar refractivity (Wildman–Crippen MR) is 159 cm³/mol. The first-order valence-electron chi connectivity index (χ1n) is 12.7. The van der Waals surface area contributed by atoms with Crippen molar-refractivity contribution >= 4 is 67.4 Å². The molecule has 1 aromatic carbocycles. The summed E-state index contributed by atoms with van der Waals surface area (Å²) in [5.74, 6) is -0.366. The number of aromatic nitrogens is 5. The summed E-state index contributed by atoms with van der Waals surface area (Å²) < 4.78 is 28.3. The zero-order valence-corrected chi connectivity index (χ0v) is 25.2. The first-order chi connectivity index (χ1) is 20.5. The summed E-state index contributed by atoms with van der Waals surface area (Å²) in [5.41, 5.74) is 2.92. The van der Waals surface area contributed by atoms with Crippen LogP contribution in [0.2, 0.25) is 5.02 Å². The number of hydroxylamine groups is 1. The van der Waals surface area contributed by atoms with E-state index in [-0.39, 0.29) is 41.2 Å². The number of benzene rings is 1. The van der Waals surface area contributed by atoms with E-state index in [0.29, 0.717) is 39.8 Å². The summed E-state index contributed by atoms with van der Waals surface area (Å²) >= 11 is 7.28. The maximum atomic E-state index is 13.5. The van der Waals surface area contributed by atoms with Gasteiger partial charge in [0.25, 0.3) is 21.8 Å². The zero-order valence-electron chi connectivity index (χ0n) is 22.8. The highest BCUT2D eigenvalue weighted by atomic mass is 35.5. The summed E-state index contributed by atoms with van der Waals surface area (Å²) in [6, 6.07) is 6.62. The van der Waals surface area contributed by atoms with Crippen LogP contribution in [-0.4, -0.2) is 80.8 Å². The van der Waals surface area contributed by atoms with Gasteiger partial charge < -0.3 is 15.5 Å². The lowest BCUT2D eigenvalue weighted by molar-refractivity contribution is 0.0705. The number of carbonyl (C=O) groups is 2. The number of nitrogens with one attached hydrogen (secondary N) is 3. The van der Waals surface area contributed by atoms with E-state index in [2.05, 4.69) is 35.6 Å². The molecule has 1 saturated heterocycles. The Labute approximate surface area is 255 Å². The topological polar surface area (TPSA) is 196 Å². The molecule has 4 heterocycles. The third-order valence-electron chi connectivity index (χ3n) is 6.37. The summed E-state index contributed by atoms with van der Waals surface area (Å²) in [7, 11) is -3.98. The monoisotopic (exact) mass is 644 g/mol. The number of aryl methyl sites for hydroxylation is 2. The molecule has 2 amide bonds. The Balaban J connectivity index is 1.25. The van der Waals surface area contributed by atoms with Gasteiger partial charge in [-0.15, -0.1) is 0 Å². The Morgan fingerprint density at radius 2 is 1.72 bits per heavy atom. The molecule has 0 atom stereocenters. The first-order valence-corrected chi connectivity index (χ1v) is 15.3. The Morgan fingerprint density at radius 1 is 1.00 bits per heavy atom. The smallest absolute Gasteiger partial charge is 0.277 e. The van der Waals surface area contributed by atoms with Crippen LogP contribution in [-0.2, 0) is 10.0 Å². The highest BCUT2D eigenvalue weighted by molar-refractivity contribution is 7.89. The molecule has 0 spiro atoms. The highest BCUT2D eigenvalue weighted by Crippen LogP contribution is 2.28. The summed E-state index contributed by atoms with van der Waals surface area (Å²) in [6.07, 6.45) is 3.94. The molecule has 0 unspecified atom stereocenters. The average Bonchev–Trinajstić information content (AvgIpc) is 3.47. The van der Waals surface area contributed by atoms with Gasteiger partial charge in [0.05, 0.1) is 22.5 Å². The van der Waals surface area contributed by atoms with Crippen molar-refractivity contribution in [3.63, 3.8) is 0 Å². The fourth-order valence-corrected chi connectivity index (χ4v) is 6.58. The SMILES string of the molecule is Cc1nc(Nc2ncc(C(=O)Nc3c(C)cccc3Cl)s2)cc(S(=O)(=O)N2CCN(c3ncc(C(=O)NO)cn3)CC2)n1. The zero-order chi connectivity index (χ0) is 30.7. The molecule has 0 radical (unpaired) electrons. The number of hydrogen-bond acceptors (Lipinski definition) is 13. The molecule has 4 N–H and O–H groups in total. The molecular weight excluding hydrogens is 620 g/mol. The van der Waals surface area contributed by atoms with Crippen LogP contribution in [0.25, 0.3) is 0 Å². The van der Waals surface area contributed by atoms with Gasteiger partial charge in [0, 0.05) is 44.6 Å². The van der Waals surface area contributed by atoms with Crippen LogP contribution in [0.4, 0.5) is 22.6 Å². The lowest BCUT2D eigenvalue weighted by Crippen LogP contribution is -2.49. The number of carbonyl (C=O) groups excluding carboxylic acids is 2. The number of amides is 2. The van der Waals surface area contributed by atoms with Gasteiger partial charge >= 0.3 is 0 Å². The second kappa shape index (κ2) is 12.5. The van der Waals surface area contributed by atoms with E-state index < -0.39 is 15.9 Å². The van der Waals surface area contributed by atoms with Gasteiger partial charge in [-0.25, -0.2) is 38.8 Å². The molecular formula is C25H25ClN10O5S2. The number of thiazole rings is 1. The Hall–Kier alpha value is -4.29. The molecule has 43 heavy (non-hydrogen) atoms. The quantitative estimate of drug-likeness (QED) is 0.125. The molecule has 4 aromatic rings. The van der Waals surface area contributed by atoms with Crippen LogP contribution in [0.1, 0.15) is 31.4 Å². The third-order valence-corrected chi connectivity index (χ3v) is 9.38. The Bertz CT molecular complexity index is 1760. The molecule has 0 saturated carbocycles. The van der Waals surface area contributed by atoms with Crippen LogP contribution in [0.3, 0.4) is 0 Å². The van der Waals surface area contributed by atoms with E-state index in [9.17, 15) is 18.0 Å². The number of halogens is 1. The van der Waals surface area contributed by atoms with E-state index in [4.69, 9.17) is 16.8 Å². The molecule has 15 nitrogen and oxygen atoms in total. The third kappa shape index (κ3) is 6.70. The van der Waals surface area contributed by atoms with Gasteiger partial charge in [-0.05, 0) is 25.5 Å². The molecule has 0 aliphatic carbocycles. The van der Waals surface area contributed by atoms with Crippen LogP contribution in [0.15, 0.2) is 47.9 Å². The van der Waals surface area contributed by atoms with Crippen molar-refractivity contribution in [3.8, 4) is 0 Å². The number of hydrogen-bond donors (Lipinski definition) is 4. The molecule has 224 valence electrons. The number of para-hydroxylation sites is 1. The molecule has 1 aliphatic rings. The number of sulfonamides is 1. The van der Waals surface area contributed by atoms with Gasteiger partial charge in [0.2, 0.25) is 5.95 Å². The lowest BCUT2D eigenvalue weighted by Gasteiger charge is -2.33. The van der Waals surface area contributed by atoms with E-state index in [0.717, 1.165) is 16.9 Å². The second-order valence-corrected chi connectivity index (χ2v) is 12.6. The summed E-state index contributed by atoms with van der Waals surface area (Å²) in [5, 5.41) is 15.1. The predicted octanol–water partition coefficient (Wildman–Crippen LogP) is 2.62. The number of anilines is 4. The summed E-state index contributed by atoms with van der Waals surface area (Å²) in [4.78, 5) is 47.3. The average molecular weight is 645 g/mol. The Kier molecular flexibility index (Phi) is 8.79. The van der Waals surface area contributed by atoms with Crippen molar-refractivity contribution in [2.24, 2.45) is 0 Å². The van der Waals surface area contributed by atoms with Gasteiger partial charge in [-0.3, -0.25) is 14.8 Å². The normalized spacial score (nSPS) is 13.9. The minimum Gasteiger partial charge on any atom is -0.338 e. The van der Waals surface area contributed by atoms with Crippen LogP contribution in [0.5, 0.6) is 0 Å². The maximum Gasteiger partial charge on any atom is 0.277 e. The van der Waals surface area contributed by atoms with Crippen molar-refractivity contribution < 1.29 is 23.2 Å². The van der Waals surface area contributed by atoms with E-state index in [1.807, 2.05) is 13.0 Å². The molecule has 1 aliphatic heterocycles. The van der Waals surface area contributed by atoms with Crippen molar-refractivity contribution in [3.05, 3.63) is 69.7 Å². The Morgan fingerprint density at radius 3 is 2.40 bits per heavy atom. The fourth-order valence-electron chi connectivity index (χ4n) is 4.18. The molecule has 1 fully saturated rings. The molecule has 0 bridgehead atoms. The molecule has 5 rings (SSSR count). The van der Waals surface area contributed by atoms with Crippen LogP contribution >= 0.6 is 22.9 Å². The lowest BCUT2D eigenvalue weighted by atomic mass is 10.2. The largest absolute Gasteiger partial charge is 0.338 e. The second-order valence-electron chi connectivity index (χ2n) is 9.28. The van der Waals surface area contributed by atoms with Crippen molar-refractivity contribution in [2.45, 2.75) is 18.9 Å². The van der Waals surface area contributed by atoms with Crippen LogP contribution < -0.4 is 21.0 Å².